The number of rotatable bonds is 3. The number of carbonyl (C=O) groups excluding carboxylic acids is 2. The molecular formula is C18H19N3O2. The van der Waals surface area contributed by atoms with Gasteiger partial charge in [0.2, 0.25) is 5.91 Å². The molecule has 0 spiro atoms. The molecule has 2 atom stereocenters. The average Bonchev–Trinajstić information content (AvgIpc) is 2.54. The van der Waals surface area contributed by atoms with Crippen LogP contribution in [-0.2, 0) is 9.59 Å². The summed E-state index contributed by atoms with van der Waals surface area (Å²) in [5.41, 5.74) is 8.88. The smallest absolute Gasteiger partial charge is 0.254 e. The second-order valence-electron chi connectivity index (χ2n) is 5.80. The minimum Gasteiger partial charge on any atom is -0.368 e. The first-order valence-electron chi connectivity index (χ1n) is 7.53. The summed E-state index contributed by atoms with van der Waals surface area (Å²) in [5.74, 6) is -0.711. The fourth-order valence-corrected chi connectivity index (χ4v) is 2.85. The molecule has 2 aromatic carbocycles. The summed E-state index contributed by atoms with van der Waals surface area (Å²) >= 11 is 0. The highest BCUT2D eigenvalue weighted by molar-refractivity contribution is 6.09. The monoisotopic (exact) mass is 309 g/mol. The van der Waals surface area contributed by atoms with E-state index in [2.05, 4.69) is 5.32 Å². The summed E-state index contributed by atoms with van der Waals surface area (Å²) in [6, 6.07) is 13.9. The standard InChI is InChI=1S/C18H19N3O2/c1-11-8-9-15-14(10-11)20-16(13-6-4-3-5-7-13)18(23)21(15)12(2)17(19)22/h3-10,12,16,20H,1-2H3,(H2,19,22). The highest BCUT2D eigenvalue weighted by Gasteiger charge is 2.37. The molecule has 0 fully saturated rings. The van der Waals surface area contributed by atoms with Gasteiger partial charge in [0.1, 0.15) is 12.1 Å². The number of anilines is 2. The van der Waals surface area contributed by atoms with Crippen LogP contribution in [0.4, 0.5) is 11.4 Å². The van der Waals surface area contributed by atoms with E-state index in [0.29, 0.717) is 5.69 Å². The van der Waals surface area contributed by atoms with E-state index in [1.54, 1.807) is 6.92 Å². The third-order valence-corrected chi connectivity index (χ3v) is 4.13. The van der Waals surface area contributed by atoms with Crippen molar-refractivity contribution in [2.24, 2.45) is 5.73 Å². The number of benzene rings is 2. The Morgan fingerprint density at radius 3 is 2.57 bits per heavy atom. The van der Waals surface area contributed by atoms with Crippen molar-refractivity contribution in [3.8, 4) is 0 Å². The van der Waals surface area contributed by atoms with Crippen molar-refractivity contribution < 1.29 is 9.59 Å². The van der Waals surface area contributed by atoms with Crippen LogP contribution >= 0.6 is 0 Å². The lowest BCUT2D eigenvalue weighted by Gasteiger charge is -2.38. The van der Waals surface area contributed by atoms with E-state index >= 15 is 0 Å². The van der Waals surface area contributed by atoms with Gasteiger partial charge >= 0.3 is 0 Å². The SMILES string of the molecule is Cc1ccc2c(c1)NC(c1ccccc1)C(=O)N2C(C)C(N)=O. The van der Waals surface area contributed by atoms with Crippen LogP contribution in [0.1, 0.15) is 24.1 Å². The number of amides is 2. The molecule has 2 unspecified atom stereocenters. The third-order valence-electron chi connectivity index (χ3n) is 4.13. The Kier molecular flexibility index (Phi) is 3.78. The molecule has 0 radical (unpaired) electrons. The topological polar surface area (TPSA) is 75.4 Å². The highest BCUT2D eigenvalue weighted by Crippen LogP contribution is 2.38. The average molecular weight is 309 g/mol. The molecule has 0 saturated heterocycles. The summed E-state index contributed by atoms with van der Waals surface area (Å²) in [6.07, 6.45) is 0. The maximum atomic E-state index is 13.0. The fraction of sp³-hybridized carbons (Fsp3) is 0.222. The van der Waals surface area contributed by atoms with Gasteiger partial charge in [0, 0.05) is 0 Å². The summed E-state index contributed by atoms with van der Waals surface area (Å²) in [7, 11) is 0. The van der Waals surface area contributed by atoms with Crippen LogP contribution < -0.4 is 16.0 Å². The van der Waals surface area contributed by atoms with Gasteiger partial charge in [-0.15, -0.1) is 0 Å². The highest BCUT2D eigenvalue weighted by atomic mass is 16.2. The van der Waals surface area contributed by atoms with Gasteiger partial charge in [-0.1, -0.05) is 36.4 Å². The van der Waals surface area contributed by atoms with Crippen molar-refractivity contribution in [2.75, 3.05) is 10.2 Å². The number of nitrogens with two attached hydrogens (primary N) is 1. The number of fused-ring (bicyclic) bond motifs is 1. The van der Waals surface area contributed by atoms with Crippen molar-refractivity contribution in [3.63, 3.8) is 0 Å². The maximum absolute atomic E-state index is 13.0. The molecule has 2 amide bonds. The molecule has 1 heterocycles. The number of hydrogen-bond acceptors (Lipinski definition) is 3. The predicted molar refractivity (Wildman–Crippen MR) is 90.1 cm³/mol. The molecule has 1 aliphatic rings. The van der Waals surface area contributed by atoms with Gasteiger partial charge < -0.3 is 11.1 Å². The Bertz CT molecular complexity index is 758. The van der Waals surface area contributed by atoms with Gasteiger partial charge in [0.25, 0.3) is 5.91 Å². The molecular weight excluding hydrogens is 290 g/mol. The van der Waals surface area contributed by atoms with Gasteiger partial charge in [-0.2, -0.15) is 0 Å². The normalized spacial score (nSPS) is 18.1. The predicted octanol–water partition coefficient (Wildman–Crippen LogP) is 2.37. The first-order chi connectivity index (χ1) is 11.0. The molecule has 0 saturated carbocycles. The van der Waals surface area contributed by atoms with Crippen molar-refractivity contribution in [2.45, 2.75) is 25.9 Å². The van der Waals surface area contributed by atoms with Crippen LogP contribution in [0.3, 0.4) is 0 Å². The molecule has 2 aromatic rings. The fourth-order valence-electron chi connectivity index (χ4n) is 2.85. The lowest BCUT2D eigenvalue weighted by atomic mass is 9.99. The summed E-state index contributed by atoms with van der Waals surface area (Å²) in [6.45, 7) is 3.63. The number of nitrogens with zero attached hydrogens (tertiary/aromatic N) is 1. The number of aryl methyl sites for hydroxylation is 1. The van der Waals surface area contributed by atoms with Crippen LogP contribution in [0.2, 0.25) is 0 Å². The van der Waals surface area contributed by atoms with E-state index in [4.69, 9.17) is 5.73 Å². The molecule has 1 aliphatic heterocycles. The third kappa shape index (κ3) is 2.65. The Balaban J connectivity index is 2.11. The zero-order valence-electron chi connectivity index (χ0n) is 13.1. The molecule has 23 heavy (non-hydrogen) atoms. The Morgan fingerprint density at radius 1 is 1.22 bits per heavy atom. The quantitative estimate of drug-likeness (QED) is 0.914. The minimum absolute atomic E-state index is 0.182. The molecule has 5 heteroatoms. The zero-order chi connectivity index (χ0) is 16.6. The van der Waals surface area contributed by atoms with Crippen LogP contribution in [0.25, 0.3) is 0 Å². The minimum atomic E-state index is -0.711. The molecule has 3 N–H and O–H groups in total. The van der Waals surface area contributed by atoms with Gasteiger partial charge in [-0.25, -0.2) is 0 Å². The molecule has 0 bridgehead atoms. The largest absolute Gasteiger partial charge is 0.368 e. The molecule has 3 rings (SSSR count). The summed E-state index contributed by atoms with van der Waals surface area (Å²) in [4.78, 5) is 26.1. The van der Waals surface area contributed by atoms with E-state index in [-0.39, 0.29) is 5.91 Å². The maximum Gasteiger partial charge on any atom is 0.254 e. The summed E-state index contributed by atoms with van der Waals surface area (Å²) < 4.78 is 0. The van der Waals surface area contributed by atoms with Crippen molar-refractivity contribution >= 4 is 23.2 Å². The van der Waals surface area contributed by atoms with Gasteiger partial charge in [-0.05, 0) is 37.1 Å². The second kappa shape index (κ2) is 5.76. The van der Waals surface area contributed by atoms with Crippen molar-refractivity contribution in [1.29, 1.82) is 0 Å². The zero-order valence-corrected chi connectivity index (χ0v) is 13.1. The molecule has 5 nitrogen and oxygen atoms in total. The van der Waals surface area contributed by atoms with Crippen molar-refractivity contribution in [1.82, 2.24) is 0 Å². The first-order valence-corrected chi connectivity index (χ1v) is 7.53. The van der Waals surface area contributed by atoms with Crippen LogP contribution in [0.5, 0.6) is 0 Å². The Morgan fingerprint density at radius 2 is 1.91 bits per heavy atom. The number of primary amides is 1. The van der Waals surface area contributed by atoms with E-state index in [1.165, 1.54) is 4.90 Å². The first kappa shape index (κ1) is 15.1. The van der Waals surface area contributed by atoms with E-state index in [0.717, 1.165) is 16.8 Å². The Hall–Kier alpha value is -2.82. The number of hydrogen-bond donors (Lipinski definition) is 2. The van der Waals surface area contributed by atoms with Crippen LogP contribution in [-0.4, -0.2) is 17.9 Å². The lowest BCUT2D eigenvalue weighted by molar-refractivity contribution is -0.124. The number of nitrogens with one attached hydrogen (secondary N) is 1. The van der Waals surface area contributed by atoms with Crippen molar-refractivity contribution in [3.05, 3.63) is 59.7 Å². The van der Waals surface area contributed by atoms with E-state index < -0.39 is 18.0 Å². The summed E-state index contributed by atoms with van der Waals surface area (Å²) in [5, 5.41) is 3.28. The Labute approximate surface area is 135 Å². The second-order valence-corrected chi connectivity index (χ2v) is 5.80. The molecule has 0 aliphatic carbocycles. The number of carbonyl (C=O) groups is 2. The van der Waals surface area contributed by atoms with Gasteiger partial charge in [0.05, 0.1) is 11.4 Å². The van der Waals surface area contributed by atoms with E-state index in [1.807, 2.05) is 55.5 Å². The van der Waals surface area contributed by atoms with Gasteiger partial charge in [-0.3, -0.25) is 14.5 Å². The van der Waals surface area contributed by atoms with Crippen LogP contribution in [0, 0.1) is 6.92 Å². The molecule has 0 aromatic heterocycles. The van der Waals surface area contributed by atoms with Gasteiger partial charge in [0.15, 0.2) is 0 Å². The van der Waals surface area contributed by atoms with E-state index in [9.17, 15) is 9.59 Å². The molecule has 118 valence electrons. The van der Waals surface area contributed by atoms with Crippen LogP contribution in [0.15, 0.2) is 48.5 Å². The lowest BCUT2D eigenvalue weighted by Crippen LogP contribution is -2.51.